The number of carbonyl (C=O) groups excluding carboxylic acids is 1. The lowest BCUT2D eigenvalue weighted by Crippen LogP contribution is -2.08. The van der Waals surface area contributed by atoms with E-state index < -0.39 is 0 Å². The summed E-state index contributed by atoms with van der Waals surface area (Å²) in [4.78, 5) is 24.4. The average Bonchev–Trinajstić information content (AvgIpc) is 3.17. The first-order valence-corrected chi connectivity index (χ1v) is 10.4. The van der Waals surface area contributed by atoms with Crippen molar-refractivity contribution in [1.29, 1.82) is 0 Å². The van der Waals surface area contributed by atoms with Crippen LogP contribution < -0.4 is 4.74 Å². The zero-order valence-corrected chi connectivity index (χ0v) is 17.2. The summed E-state index contributed by atoms with van der Waals surface area (Å²) in [5.41, 5.74) is 4.30. The van der Waals surface area contributed by atoms with Gasteiger partial charge in [-0.1, -0.05) is 24.3 Å². The van der Waals surface area contributed by atoms with Crippen LogP contribution in [-0.4, -0.2) is 20.9 Å². The molecule has 2 aromatic carbocycles. The van der Waals surface area contributed by atoms with Gasteiger partial charge in [0.05, 0.1) is 23.1 Å². The van der Waals surface area contributed by atoms with Gasteiger partial charge in [0.15, 0.2) is 0 Å². The summed E-state index contributed by atoms with van der Waals surface area (Å²) in [6, 6.07) is 20.0. The van der Waals surface area contributed by atoms with E-state index in [2.05, 4.69) is 9.97 Å². The number of aryl methyl sites for hydroxylation is 1. The van der Waals surface area contributed by atoms with E-state index >= 15 is 0 Å². The number of nitrogens with one attached hydrogen (secondary N) is 1. The Balaban J connectivity index is 1.43. The summed E-state index contributed by atoms with van der Waals surface area (Å²) in [5.74, 6) is -0.200. The molecule has 0 aliphatic carbocycles. The number of aromatic nitrogens is 3. The Morgan fingerprint density at radius 2 is 1.94 bits per heavy atom. The number of halogens is 1. The Labute approximate surface area is 183 Å². The Morgan fingerprint density at radius 1 is 1.03 bits per heavy atom. The molecule has 0 unspecified atom stereocenters. The molecular formula is C26H20FN3O2. The maximum absolute atomic E-state index is 14.0. The highest BCUT2D eigenvalue weighted by atomic mass is 19.1. The third-order valence-electron chi connectivity index (χ3n) is 5.40. The number of aromatic amines is 1. The first kappa shape index (κ1) is 19.9. The van der Waals surface area contributed by atoms with E-state index in [0.29, 0.717) is 18.6 Å². The summed E-state index contributed by atoms with van der Waals surface area (Å²) in [7, 11) is 0. The van der Waals surface area contributed by atoms with E-state index in [0.717, 1.165) is 38.8 Å². The highest BCUT2D eigenvalue weighted by molar-refractivity contribution is 5.91. The van der Waals surface area contributed by atoms with Gasteiger partial charge >= 0.3 is 5.97 Å². The number of hydrogen-bond donors (Lipinski definition) is 1. The summed E-state index contributed by atoms with van der Waals surface area (Å²) in [6.07, 6.45) is 4.50. The highest BCUT2D eigenvalue weighted by Crippen LogP contribution is 2.32. The standard InChI is InChI=1S/C26H20FN3O2/c27-18-11-13-23-21(15-18)20(7-3-9-25(31)32-19-6-4-14-28-16-19)26(30-23)24-12-10-17-5-1-2-8-22(17)29-24/h1-2,4-6,8,10-16,30H,3,7,9H2. The van der Waals surface area contributed by atoms with Gasteiger partial charge in [-0.25, -0.2) is 9.37 Å². The van der Waals surface area contributed by atoms with Crippen molar-refractivity contribution in [2.75, 3.05) is 0 Å². The van der Waals surface area contributed by atoms with Crippen LogP contribution in [0, 0.1) is 5.82 Å². The van der Waals surface area contributed by atoms with Crippen molar-refractivity contribution in [3.8, 4) is 17.1 Å². The third-order valence-corrected chi connectivity index (χ3v) is 5.40. The lowest BCUT2D eigenvalue weighted by atomic mass is 10.0. The molecule has 0 spiro atoms. The van der Waals surface area contributed by atoms with Crippen LogP contribution in [0.5, 0.6) is 5.75 Å². The number of esters is 1. The second-order valence-electron chi connectivity index (χ2n) is 7.57. The fourth-order valence-corrected chi connectivity index (χ4v) is 3.90. The zero-order valence-electron chi connectivity index (χ0n) is 17.2. The molecule has 3 heterocycles. The van der Waals surface area contributed by atoms with Gasteiger partial charge in [-0.3, -0.25) is 9.78 Å². The molecule has 0 atom stereocenters. The summed E-state index contributed by atoms with van der Waals surface area (Å²) in [6.45, 7) is 0. The molecule has 32 heavy (non-hydrogen) atoms. The van der Waals surface area contributed by atoms with Crippen molar-refractivity contribution >= 4 is 27.8 Å². The lowest BCUT2D eigenvalue weighted by molar-refractivity contribution is -0.134. The van der Waals surface area contributed by atoms with E-state index in [1.807, 2.05) is 36.4 Å². The van der Waals surface area contributed by atoms with Crippen LogP contribution in [0.15, 0.2) is 79.1 Å². The first-order chi connectivity index (χ1) is 15.7. The van der Waals surface area contributed by atoms with Crippen molar-refractivity contribution in [2.24, 2.45) is 0 Å². The van der Waals surface area contributed by atoms with Gasteiger partial charge in [-0.15, -0.1) is 0 Å². The molecule has 0 amide bonds. The molecule has 0 radical (unpaired) electrons. The molecule has 1 N–H and O–H groups in total. The number of nitrogens with zero attached hydrogens (tertiary/aromatic N) is 2. The van der Waals surface area contributed by atoms with Gasteiger partial charge in [-0.2, -0.15) is 0 Å². The minimum Gasteiger partial charge on any atom is -0.425 e. The second-order valence-corrected chi connectivity index (χ2v) is 7.57. The van der Waals surface area contributed by atoms with Crippen molar-refractivity contribution < 1.29 is 13.9 Å². The van der Waals surface area contributed by atoms with Gasteiger partial charge < -0.3 is 9.72 Å². The van der Waals surface area contributed by atoms with Crippen LogP contribution in [0.3, 0.4) is 0 Å². The Kier molecular flexibility index (Phi) is 5.34. The summed E-state index contributed by atoms with van der Waals surface area (Å²) in [5, 5.41) is 1.86. The summed E-state index contributed by atoms with van der Waals surface area (Å²) < 4.78 is 19.3. The first-order valence-electron chi connectivity index (χ1n) is 10.4. The van der Waals surface area contributed by atoms with Crippen molar-refractivity contribution in [2.45, 2.75) is 19.3 Å². The van der Waals surface area contributed by atoms with Crippen LogP contribution in [0.2, 0.25) is 0 Å². The minimum absolute atomic E-state index is 0.238. The smallest absolute Gasteiger partial charge is 0.311 e. The number of pyridine rings is 2. The van der Waals surface area contributed by atoms with Crippen LogP contribution in [0.1, 0.15) is 18.4 Å². The molecule has 5 nitrogen and oxygen atoms in total. The number of rotatable bonds is 6. The Morgan fingerprint density at radius 3 is 2.81 bits per heavy atom. The molecule has 0 saturated heterocycles. The van der Waals surface area contributed by atoms with Gasteiger partial charge in [0.1, 0.15) is 11.6 Å². The molecule has 5 rings (SSSR count). The van der Waals surface area contributed by atoms with E-state index in [-0.39, 0.29) is 18.2 Å². The normalized spacial score (nSPS) is 11.2. The molecule has 0 aliphatic heterocycles. The third kappa shape index (κ3) is 4.07. The van der Waals surface area contributed by atoms with Crippen LogP contribution in [-0.2, 0) is 11.2 Å². The van der Waals surface area contributed by atoms with E-state index in [1.165, 1.54) is 18.3 Å². The Hall–Kier alpha value is -4.06. The number of para-hydroxylation sites is 1. The molecule has 0 fully saturated rings. The molecule has 6 heteroatoms. The quantitative estimate of drug-likeness (QED) is 0.347. The number of H-pyrrole nitrogens is 1. The second kappa shape index (κ2) is 8.59. The highest BCUT2D eigenvalue weighted by Gasteiger charge is 2.16. The predicted octanol–water partition coefficient (Wildman–Crippen LogP) is 5.85. The fraction of sp³-hybridized carbons (Fsp3) is 0.115. The van der Waals surface area contributed by atoms with Crippen molar-refractivity contribution in [3.63, 3.8) is 0 Å². The fourth-order valence-electron chi connectivity index (χ4n) is 3.90. The van der Waals surface area contributed by atoms with Gasteiger partial charge in [0, 0.05) is 28.9 Å². The minimum atomic E-state index is -0.325. The monoisotopic (exact) mass is 425 g/mol. The van der Waals surface area contributed by atoms with Gasteiger partial charge in [-0.05, 0) is 60.9 Å². The number of carbonyl (C=O) groups is 1. The summed E-state index contributed by atoms with van der Waals surface area (Å²) >= 11 is 0. The van der Waals surface area contributed by atoms with E-state index in [9.17, 15) is 9.18 Å². The number of benzene rings is 2. The number of hydrogen-bond acceptors (Lipinski definition) is 4. The molecule has 0 saturated carbocycles. The maximum Gasteiger partial charge on any atom is 0.311 e. The van der Waals surface area contributed by atoms with Crippen LogP contribution in [0.25, 0.3) is 33.2 Å². The van der Waals surface area contributed by atoms with Crippen molar-refractivity contribution in [1.82, 2.24) is 15.0 Å². The maximum atomic E-state index is 14.0. The zero-order chi connectivity index (χ0) is 21.9. The molecular weight excluding hydrogens is 405 g/mol. The van der Waals surface area contributed by atoms with E-state index in [1.54, 1.807) is 24.4 Å². The van der Waals surface area contributed by atoms with Gasteiger partial charge in [0.25, 0.3) is 0 Å². The predicted molar refractivity (Wildman–Crippen MR) is 122 cm³/mol. The topological polar surface area (TPSA) is 67.9 Å². The molecule has 3 aromatic heterocycles. The van der Waals surface area contributed by atoms with Crippen molar-refractivity contribution in [3.05, 3.63) is 90.5 Å². The van der Waals surface area contributed by atoms with Crippen LogP contribution in [0.4, 0.5) is 4.39 Å². The van der Waals surface area contributed by atoms with E-state index in [4.69, 9.17) is 9.72 Å². The Bertz CT molecular complexity index is 1410. The number of fused-ring (bicyclic) bond motifs is 2. The molecule has 5 aromatic rings. The van der Waals surface area contributed by atoms with Gasteiger partial charge in [0.2, 0.25) is 0 Å². The SMILES string of the molecule is O=C(CCCc1c(-c2ccc3ccccc3n2)[nH]c2ccc(F)cc12)Oc1cccnc1. The largest absolute Gasteiger partial charge is 0.425 e. The molecule has 0 aliphatic rings. The average molecular weight is 425 g/mol. The lowest BCUT2D eigenvalue weighted by Gasteiger charge is -2.07. The molecule has 158 valence electrons. The van der Waals surface area contributed by atoms with Crippen LogP contribution >= 0.6 is 0 Å². The molecule has 0 bridgehead atoms. The number of ether oxygens (including phenoxy) is 1.